The van der Waals surface area contributed by atoms with Crippen LogP contribution in [0.5, 0.6) is 0 Å². The summed E-state index contributed by atoms with van der Waals surface area (Å²) in [6, 6.07) is 5.93. The van der Waals surface area contributed by atoms with Gasteiger partial charge in [-0.25, -0.2) is 0 Å². The summed E-state index contributed by atoms with van der Waals surface area (Å²) in [7, 11) is 0. The van der Waals surface area contributed by atoms with Crippen LogP contribution in [-0.2, 0) is 6.42 Å². The number of hydrogen-bond donors (Lipinski definition) is 0. The van der Waals surface area contributed by atoms with Crippen LogP contribution >= 0.6 is 22.6 Å². The average molecular weight is 258 g/mol. The number of Topliss-reactive ketones (excluding diaryl/α,β-unsaturated/α-hetero) is 1. The van der Waals surface area contributed by atoms with E-state index < -0.39 is 0 Å². The SMILES string of the molecule is O=C1CCc2c(I)cccc21. The zero-order valence-electron chi connectivity index (χ0n) is 5.93. The van der Waals surface area contributed by atoms with Gasteiger partial charge in [0.25, 0.3) is 0 Å². The molecular formula is C9H7IO. The molecule has 0 aromatic heterocycles. The Balaban J connectivity index is 2.66. The van der Waals surface area contributed by atoms with E-state index in [1.165, 1.54) is 9.13 Å². The average Bonchev–Trinajstić information content (AvgIpc) is 2.35. The van der Waals surface area contributed by atoms with Crippen molar-refractivity contribution in [3.63, 3.8) is 0 Å². The molecule has 2 rings (SSSR count). The fraction of sp³-hybridized carbons (Fsp3) is 0.222. The fourth-order valence-corrected chi connectivity index (χ4v) is 2.22. The van der Waals surface area contributed by atoms with Crippen molar-refractivity contribution < 1.29 is 4.79 Å². The standard InChI is InChI=1S/C9H7IO/c10-8-3-1-2-7-6(8)4-5-9(7)11/h1-3H,4-5H2. The lowest BCUT2D eigenvalue weighted by Gasteiger charge is -1.98. The first-order chi connectivity index (χ1) is 5.29. The number of ketones is 1. The third-order valence-electron chi connectivity index (χ3n) is 2.02. The summed E-state index contributed by atoms with van der Waals surface area (Å²) in [5.74, 6) is 0.304. The molecule has 0 N–H and O–H groups in total. The Kier molecular flexibility index (Phi) is 1.71. The van der Waals surface area contributed by atoms with Crippen molar-refractivity contribution in [2.45, 2.75) is 12.8 Å². The lowest BCUT2D eigenvalue weighted by molar-refractivity contribution is 0.0994. The van der Waals surface area contributed by atoms with Crippen LogP contribution in [0.3, 0.4) is 0 Å². The second-order valence-corrected chi connectivity index (χ2v) is 3.85. The van der Waals surface area contributed by atoms with Crippen LogP contribution in [-0.4, -0.2) is 5.78 Å². The minimum Gasteiger partial charge on any atom is -0.294 e. The molecule has 0 fully saturated rings. The van der Waals surface area contributed by atoms with Crippen LogP contribution in [0.15, 0.2) is 18.2 Å². The molecule has 0 atom stereocenters. The van der Waals surface area contributed by atoms with Gasteiger partial charge in [-0.05, 0) is 40.6 Å². The van der Waals surface area contributed by atoms with Crippen LogP contribution in [0.1, 0.15) is 22.3 Å². The van der Waals surface area contributed by atoms with E-state index in [4.69, 9.17) is 0 Å². The van der Waals surface area contributed by atoms with Crippen molar-refractivity contribution in [2.75, 3.05) is 0 Å². The molecule has 1 aliphatic carbocycles. The summed E-state index contributed by atoms with van der Waals surface area (Å²) < 4.78 is 1.23. The molecule has 0 saturated carbocycles. The van der Waals surface area contributed by atoms with E-state index in [9.17, 15) is 4.79 Å². The van der Waals surface area contributed by atoms with Crippen molar-refractivity contribution in [1.29, 1.82) is 0 Å². The van der Waals surface area contributed by atoms with Gasteiger partial charge in [-0.15, -0.1) is 0 Å². The summed E-state index contributed by atoms with van der Waals surface area (Å²) in [4.78, 5) is 11.2. The Hall–Kier alpha value is -0.380. The first kappa shape index (κ1) is 7.28. The van der Waals surface area contributed by atoms with E-state index >= 15 is 0 Å². The van der Waals surface area contributed by atoms with E-state index in [-0.39, 0.29) is 0 Å². The largest absolute Gasteiger partial charge is 0.294 e. The van der Waals surface area contributed by atoms with Crippen LogP contribution in [0.25, 0.3) is 0 Å². The predicted molar refractivity (Wildman–Crippen MR) is 51.8 cm³/mol. The Labute approximate surface area is 78.9 Å². The molecule has 0 spiro atoms. The number of carbonyl (C=O) groups excluding carboxylic acids is 1. The van der Waals surface area contributed by atoms with Crippen molar-refractivity contribution in [1.82, 2.24) is 0 Å². The van der Waals surface area contributed by atoms with Crippen LogP contribution in [0.4, 0.5) is 0 Å². The van der Waals surface area contributed by atoms with Gasteiger partial charge in [0.05, 0.1) is 0 Å². The maximum atomic E-state index is 11.2. The normalized spacial score (nSPS) is 15.2. The summed E-state index contributed by atoms with van der Waals surface area (Å²) in [6.45, 7) is 0. The molecule has 1 nitrogen and oxygen atoms in total. The lowest BCUT2D eigenvalue weighted by Crippen LogP contribution is -1.91. The highest BCUT2D eigenvalue weighted by Gasteiger charge is 2.20. The zero-order chi connectivity index (χ0) is 7.84. The second kappa shape index (κ2) is 2.59. The molecule has 1 aliphatic rings. The second-order valence-electron chi connectivity index (χ2n) is 2.69. The monoisotopic (exact) mass is 258 g/mol. The molecule has 56 valence electrons. The molecule has 0 bridgehead atoms. The highest BCUT2D eigenvalue weighted by Crippen LogP contribution is 2.25. The van der Waals surface area contributed by atoms with Gasteiger partial charge in [-0.3, -0.25) is 4.79 Å². The predicted octanol–water partition coefficient (Wildman–Crippen LogP) is 2.42. The summed E-state index contributed by atoms with van der Waals surface area (Å²) >= 11 is 2.28. The zero-order valence-corrected chi connectivity index (χ0v) is 8.09. The van der Waals surface area contributed by atoms with Gasteiger partial charge in [-0.1, -0.05) is 12.1 Å². The van der Waals surface area contributed by atoms with E-state index in [1.807, 2.05) is 12.1 Å². The lowest BCUT2D eigenvalue weighted by atomic mass is 10.1. The molecule has 0 radical (unpaired) electrons. The van der Waals surface area contributed by atoms with E-state index in [1.54, 1.807) is 0 Å². The number of halogens is 1. The molecule has 1 aromatic carbocycles. The molecule has 11 heavy (non-hydrogen) atoms. The number of carbonyl (C=O) groups is 1. The molecule has 2 heteroatoms. The van der Waals surface area contributed by atoms with Gasteiger partial charge in [0, 0.05) is 15.6 Å². The smallest absolute Gasteiger partial charge is 0.163 e. The van der Waals surface area contributed by atoms with Gasteiger partial charge in [0.1, 0.15) is 0 Å². The van der Waals surface area contributed by atoms with Crippen molar-refractivity contribution in [3.8, 4) is 0 Å². The number of fused-ring (bicyclic) bond motifs is 1. The first-order valence-electron chi connectivity index (χ1n) is 3.59. The highest BCUT2D eigenvalue weighted by molar-refractivity contribution is 14.1. The van der Waals surface area contributed by atoms with Crippen molar-refractivity contribution in [2.24, 2.45) is 0 Å². The van der Waals surface area contributed by atoms with Crippen LogP contribution < -0.4 is 0 Å². The van der Waals surface area contributed by atoms with Gasteiger partial charge in [-0.2, -0.15) is 0 Å². The topological polar surface area (TPSA) is 17.1 Å². The molecule has 0 unspecified atom stereocenters. The van der Waals surface area contributed by atoms with Crippen molar-refractivity contribution >= 4 is 28.4 Å². The summed E-state index contributed by atoms with van der Waals surface area (Å²) in [5.41, 5.74) is 2.19. The number of benzene rings is 1. The Morgan fingerprint density at radius 2 is 2.09 bits per heavy atom. The van der Waals surface area contributed by atoms with Gasteiger partial charge < -0.3 is 0 Å². The van der Waals surface area contributed by atoms with Crippen LogP contribution in [0, 0.1) is 3.57 Å². The third-order valence-corrected chi connectivity index (χ3v) is 3.03. The number of rotatable bonds is 0. The van der Waals surface area contributed by atoms with Gasteiger partial charge in [0.15, 0.2) is 5.78 Å². The van der Waals surface area contributed by atoms with Gasteiger partial charge >= 0.3 is 0 Å². The molecule has 0 amide bonds. The Morgan fingerprint density at radius 1 is 1.27 bits per heavy atom. The van der Waals surface area contributed by atoms with Gasteiger partial charge in [0.2, 0.25) is 0 Å². The first-order valence-corrected chi connectivity index (χ1v) is 4.67. The molecule has 0 aliphatic heterocycles. The third kappa shape index (κ3) is 1.09. The van der Waals surface area contributed by atoms with E-state index in [2.05, 4.69) is 28.7 Å². The fourth-order valence-electron chi connectivity index (χ4n) is 1.45. The summed E-state index contributed by atoms with van der Waals surface area (Å²) in [6.07, 6.45) is 1.64. The minimum absolute atomic E-state index is 0.304. The number of hydrogen-bond acceptors (Lipinski definition) is 1. The minimum atomic E-state index is 0.304. The Bertz CT molecular complexity index is 317. The van der Waals surface area contributed by atoms with Crippen molar-refractivity contribution in [3.05, 3.63) is 32.9 Å². The maximum Gasteiger partial charge on any atom is 0.163 e. The molecule has 1 aromatic rings. The van der Waals surface area contributed by atoms with E-state index in [0.717, 1.165) is 12.0 Å². The van der Waals surface area contributed by atoms with E-state index in [0.29, 0.717) is 12.2 Å². The summed E-state index contributed by atoms with van der Waals surface area (Å²) in [5, 5.41) is 0. The quantitative estimate of drug-likeness (QED) is 0.653. The highest BCUT2D eigenvalue weighted by atomic mass is 127. The maximum absolute atomic E-state index is 11.2. The molecule has 0 heterocycles. The Morgan fingerprint density at radius 3 is 2.82 bits per heavy atom. The molecular weight excluding hydrogens is 251 g/mol. The molecule has 0 saturated heterocycles. The van der Waals surface area contributed by atoms with Crippen LogP contribution in [0.2, 0.25) is 0 Å².